The van der Waals surface area contributed by atoms with Crippen molar-refractivity contribution in [2.24, 2.45) is 0 Å². The Morgan fingerprint density at radius 3 is 2.19 bits per heavy atom. The molecule has 2 amide bonds. The van der Waals surface area contributed by atoms with Gasteiger partial charge in [-0.1, -0.05) is 58.5 Å². The number of amides is 2. The Labute approximate surface area is 178 Å². The summed E-state index contributed by atoms with van der Waals surface area (Å²) in [7, 11) is 1.52. The fraction of sp³-hybridized carbons (Fsp3) is 0.263. The summed E-state index contributed by atoms with van der Waals surface area (Å²) in [6.07, 6.45) is -0.0266. The van der Waals surface area contributed by atoms with Gasteiger partial charge in [0.15, 0.2) is 0 Å². The standard InChI is InChI=1S/C19H18Cl4N2O2/c1-11(19(27)24-2)25(10-12-6-7-16(22)17(23)8-12)18(26)9-13-14(20)4-3-5-15(13)21/h3-8,11H,9-10H2,1-2H3,(H,24,27)/t11-/m0/s1. The minimum Gasteiger partial charge on any atom is -0.357 e. The Morgan fingerprint density at radius 2 is 1.63 bits per heavy atom. The monoisotopic (exact) mass is 446 g/mol. The molecule has 1 atom stereocenters. The van der Waals surface area contributed by atoms with Gasteiger partial charge in [-0.2, -0.15) is 0 Å². The molecule has 144 valence electrons. The van der Waals surface area contributed by atoms with E-state index >= 15 is 0 Å². The molecule has 0 saturated carbocycles. The zero-order valence-electron chi connectivity index (χ0n) is 14.7. The molecule has 0 unspecified atom stereocenters. The molecule has 1 N–H and O–H groups in total. The van der Waals surface area contributed by atoms with E-state index in [0.29, 0.717) is 25.7 Å². The molecule has 4 nitrogen and oxygen atoms in total. The third-order valence-corrected chi connectivity index (χ3v) is 5.59. The van der Waals surface area contributed by atoms with Crippen LogP contribution in [0.3, 0.4) is 0 Å². The summed E-state index contributed by atoms with van der Waals surface area (Å²) in [6.45, 7) is 1.84. The molecule has 2 rings (SSSR count). The normalized spacial score (nSPS) is 11.8. The Balaban J connectivity index is 2.32. The van der Waals surface area contributed by atoms with Crippen molar-refractivity contribution in [3.05, 3.63) is 67.6 Å². The maximum Gasteiger partial charge on any atom is 0.242 e. The average Bonchev–Trinajstić information content (AvgIpc) is 2.64. The zero-order chi connectivity index (χ0) is 20.1. The third-order valence-electron chi connectivity index (χ3n) is 4.14. The molecule has 0 radical (unpaired) electrons. The number of rotatable bonds is 6. The molecule has 0 heterocycles. The third kappa shape index (κ3) is 5.52. The van der Waals surface area contributed by atoms with E-state index in [1.54, 1.807) is 43.3 Å². The number of nitrogens with one attached hydrogen (secondary N) is 1. The smallest absolute Gasteiger partial charge is 0.242 e. The van der Waals surface area contributed by atoms with E-state index in [1.807, 2.05) is 0 Å². The molecule has 8 heteroatoms. The van der Waals surface area contributed by atoms with Gasteiger partial charge in [0.05, 0.1) is 16.5 Å². The van der Waals surface area contributed by atoms with E-state index in [-0.39, 0.29) is 24.8 Å². The number of carbonyl (C=O) groups excluding carboxylic acids is 2. The highest BCUT2D eigenvalue weighted by Crippen LogP contribution is 2.27. The van der Waals surface area contributed by atoms with Gasteiger partial charge < -0.3 is 10.2 Å². The first-order chi connectivity index (χ1) is 12.7. The maximum atomic E-state index is 13.0. The summed E-state index contributed by atoms with van der Waals surface area (Å²) in [5, 5.41) is 4.16. The summed E-state index contributed by atoms with van der Waals surface area (Å²) < 4.78 is 0. The van der Waals surface area contributed by atoms with E-state index in [2.05, 4.69) is 5.32 Å². The number of halogens is 4. The summed E-state index contributed by atoms with van der Waals surface area (Å²) in [4.78, 5) is 26.6. The molecule has 0 saturated heterocycles. The molecule has 0 aliphatic carbocycles. The average molecular weight is 448 g/mol. The first-order valence-electron chi connectivity index (χ1n) is 8.12. The first kappa shape index (κ1) is 21.8. The van der Waals surface area contributed by atoms with Gasteiger partial charge >= 0.3 is 0 Å². The van der Waals surface area contributed by atoms with Crippen LogP contribution in [-0.4, -0.2) is 29.8 Å². The molecule has 2 aromatic carbocycles. The highest BCUT2D eigenvalue weighted by molar-refractivity contribution is 6.42. The van der Waals surface area contributed by atoms with Gasteiger partial charge in [0.1, 0.15) is 6.04 Å². The van der Waals surface area contributed by atoms with Crippen molar-refractivity contribution >= 4 is 58.2 Å². The minimum absolute atomic E-state index is 0.0266. The van der Waals surface area contributed by atoms with Crippen molar-refractivity contribution in [3.63, 3.8) is 0 Å². The summed E-state index contributed by atoms with van der Waals surface area (Å²) in [5.41, 5.74) is 1.27. The molecule has 0 spiro atoms. The quantitative estimate of drug-likeness (QED) is 0.676. The van der Waals surface area contributed by atoms with E-state index in [4.69, 9.17) is 46.4 Å². The van der Waals surface area contributed by atoms with Crippen LogP contribution in [0.5, 0.6) is 0 Å². The van der Waals surface area contributed by atoms with E-state index in [9.17, 15) is 9.59 Å². The Kier molecular flexibility index (Phi) is 7.80. The predicted octanol–water partition coefficient (Wildman–Crippen LogP) is 5.01. The van der Waals surface area contributed by atoms with Crippen LogP contribution in [0.15, 0.2) is 36.4 Å². The molecule has 27 heavy (non-hydrogen) atoms. The summed E-state index contributed by atoms with van der Waals surface area (Å²) in [5.74, 6) is -0.569. The lowest BCUT2D eigenvalue weighted by Crippen LogP contribution is -2.47. The predicted molar refractivity (Wildman–Crippen MR) is 111 cm³/mol. The highest BCUT2D eigenvalue weighted by atomic mass is 35.5. The summed E-state index contributed by atoms with van der Waals surface area (Å²) >= 11 is 24.4. The topological polar surface area (TPSA) is 49.4 Å². The first-order valence-corrected chi connectivity index (χ1v) is 9.63. The minimum atomic E-state index is -0.696. The number of hydrogen-bond donors (Lipinski definition) is 1. The van der Waals surface area contributed by atoms with Crippen molar-refractivity contribution in [3.8, 4) is 0 Å². The van der Waals surface area contributed by atoms with Crippen LogP contribution in [-0.2, 0) is 22.6 Å². The molecular weight excluding hydrogens is 430 g/mol. The van der Waals surface area contributed by atoms with Crippen LogP contribution >= 0.6 is 46.4 Å². The van der Waals surface area contributed by atoms with Crippen molar-refractivity contribution in [1.82, 2.24) is 10.2 Å². The van der Waals surface area contributed by atoms with Crippen molar-refractivity contribution in [2.75, 3.05) is 7.05 Å². The molecule has 0 aromatic heterocycles. The highest BCUT2D eigenvalue weighted by Gasteiger charge is 2.26. The van der Waals surface area contributed by atoms with Gasteiger partial charge in [0, 0.05) is 23.6 Å². The Bertz CT molecular complexity index is 837. The number of nitrogens with zero attached hydrogens (tertiary/aromatic N) is 1. The number of carbonyl (C=O) groups is 2. The van der Waals surface area contributed by atoms with Crippen LogP contribution in [0, 0.1) is 0 Å². The van der Waals surface area contributed by atoms with E-state index in [1.165, 1.54) is 11.9 Å². The van der Waals surface area contributed by atoms with E-state index < -0.39 is 6.04 Å². The number of benzene rings is 2. The Hall–Kier alpha value is -1.46. The largest absolute Gasteiger partial charge is 0.357 e. The zero-order valence-corrected chi connectivity index (χ0v) is 17.8. The van der Waals surface area contributed by atoms with Gasteiger partial charge in [0.2, 0.25) is 11.8 Å². The molecule has 0 aliphatic heterocycles. The van der Waals surface area contributed by atoms with Gasteiger partial charge in [-0.15, -0.1) is 0 Å². The molecular formula is C19H18Cl4N2O2. The number of hydrogen-bond acceptors (Lipinski definition) is 2. The van der Waals surface area contributed by atoms with Crippen molar-refractivity contribution in [2.45, 2.75) is 25.9 Å². The lowest BCUT2D eigenvalue weighted by Gasteiger charge is -2.29. The summed E-state index contributed by atoms with van der Waals surface area (Å²) in [6, 6.07) is 9.43. The van der Waals surface area contributed by atoms with Crippen LogP contribution in [0.2, 0.25) is 20.1 Å². The second kappa shape index (κ2) is 9.65. The fourth-order valence-corrected chi connectivity index (χ4v) is 3.43. The van der Waals surface area contributed by atoms with Gasteiger partial charge in [-0.3, -0.25) is 9.59 Å². The lowest BCUT2D eigenvalue weighted by molar-refractivity contribution is -0.139. The second-order valence-corrected chi connectivity index (χ2v) is 7.57. The van der Waals surface area contributed by atoms with Crippen LogP contribution in [0.25, 0.3) is 0 Å². The van der Waals surface area contributed by atoms with Crippen molar-refractivity contribution in [1.29, 1.82) is 0 Å². The molecule has 2 aromatic rings. The van der Waals surface area contributed by atoms with Crippen LogP contribution in [0.1, 0.15) is 18.1 Å². The maximum absolute atomic E-state index is 13.0. The lowest BCUT2D eigenvalue weighted by atomic mass is 10.1. The van der Waals surface area contributed by atoms with E-state index in [0.717, 1.165) is 5.56 Å². The molecule has 0 aliphatic rings. The van der Waals surface area contributed by atoms with Gasteiger partial charge in [-0.25, -0.2) is 0 Å². The van der Waals surface area contributed by atoms with Crippen LogP contribution < -0.4 is 5.32 Å². The molecule has 0 bridgehead atoms. The van der Waals surface area contributed by atoms with Crippen molar-refractivity contribution < 1.29 is 9.59 Å². The van der Waals surface area contributed by atoms with Gasteiger partial charge in [0.25, 0.3) is 0 Å². The number of likely N-dealkylation sites (N-methyl/N-ethyl adjacent to an activating group) is 1. The Morgan fingerprint density at radius 1 is 1.00 bits per heavy atom. The second-order valence-electron chi connectivity index (χ2n) is 5.94. The van der Waals surface area contributed by atoms with Gasteiger partial charge in [-0.05, 0) is 42.3 Å². The van der Waals surface area contributed by atoms with Crippen LogP contribution in [0.4, 0.5) is 0 Å². The fourth-order valence-electron chi connectivity index (χ4n) is 2.58. The SMILES string of the molecule is CNC(=O)[C@H](C)N(Cc1ccc(Cl)c(Cl)c1)C(=O)Cc1c(Cl)cccc1Cl. The molecule has 0 fully saturated rings.